The molecule has 0 radical (unpaired) electrons. The maximum atomic E-state index is 4.76. The summed E-state index contributed by atoms with van der Waals surface area (Å²) in [4.78, 5) is 4.76. The highest BCUT2D eigenvalue weighted by atomic mass is 127. The third-order valence-electron chi connectivity index (χ3n) is 5.83. The Balaban J connectivity index is 2.61. The molecule has 0 amide bonds. The zero-order chi connectivity index (χ0) is 17.5. The lowest BCUT2D eigenvalue weighted by Gasteiger charge is -2.35. The average molecular weight is 433 g/mol. The smallest absolute Gasteiger partial charge is 0.0276 e. The van der Waals surface area contributed by atoms with E-state index in [0.717, 1.165) is 11.8 Å². The molecule has 3 atom stereocenters. The molecule has 1 nitrogen and oxygen atoms in total. The lowest BCUT2D eigenvalue weighted by Crippen LogP contribution is -2.30. The van der Waals surface area contributed by atoms with Crippen LogP contribution in [0, 0.1) is 17.3 Å². The van der Waals surface area contributed by atoms with Crippen molar-refractivity contribution in [3.63, 3.8) is 0 Å². The Morgan fingerprint density at radius 2 is 1.96 bits per heavy atom. The lowest BCUT2D eigenvalue weighted by molar-refractivity contribution is 0.293. The van der Waals surface area contributed by atoms with Gasteiger partial charge in [0.05, 0.1) is 0 Å². The Hall–Kier alpha value is 0.400. The van der Waals surface area contributed by atoms with Crippen LogP contribution in [-0.2, 0) is 0 Å². The van der Waals surface area contributed by atoms with E-state index in [1.54, 1.807) is 0 Å². The molecule has 1 aliphatic rings. The normalized spacial score (nSPS) is 30.8. The number of hydrogen-bond acceptors (Lipinski definition) is 1. The number of halogens is 1. The Morgan fingerprint density at radius 3 is 2.57 bits per heavy atom. The monoisotopic (exact) mass is 433 g/mol. The van der Waals surface area contributed by atoms with Gasteiger partial charge in [-0.25, -0.2) is 0 Å². The zero-order valence-corrected chi connectivity index (χ0v) is 18.7. The number of alkyl halides is 1. The zero-order valence-electron chi connectivity index (χ0n) is 16.6. The molecule has 0 aromatic heterocycles. The van der Waals surface area contributed by atoms with Crippen molar-refractivity contribution in [2.24, 2.45) is 22.2 Å². The van der Waals surface area contributed by atoms with Crippen molar-refractivity contribution < 1.29 is 0 Å². The molecular formula is C21H40IN. The maximum absolute atomic E-state index is 4.76. The van der Waals surface area contributed by atoms with E-state index in [2.05, 4.69) is 57.2 Å². The fraction of sp³-hybridized carbons (Fsp3) is 0.952. The molecule has 2 unspecified atom stereocenters. The van der Waals surface area contributed by atoms with Crippen LogP contribution in [0.5, 0.6) is 0 Å². The quantitative estimate of drug-likeness (QED) is 0.224. The Morgan fingerprint density at radius 1 is 1.26 bits per heavy atom. The molecule has 2 heteroatoms. The van der Waals surface area contributed by atoms with Crippen molar-refractivity contribution in [2.75, 3.05) is 7.05 Å². The molecule has 1 fully saturated rings. The predicted octanol–water partition coefficient (Wildman–Crippen LogP) is 7.46. The van der Waals surface area contributed by atoms with Crippen LogP contribution in [-0.4, -0.2) is 16.2 Å². The SMILES string of the molecule is CCCC(C)(C)CCC/C(=N/C)C1CCCCC(C)(I)C[C@H]1C. The standard InChI is InChI=1S/C21H40IN/c1-7-13-20(3,4)14-10-12-19(23-6)18-11-8-9-15-21(5,22)16-17(18)2/h17-18H,7-16H2,1-6H3/b23-19-/t17-,18?,21?/m1/s1. The van der Waals surface area contributed by atoms with E-state index in [1.807, 2.05) is 7.05 Å². The summed E-state index contributed by atoms with van der Waals surface area (Å²) in [5.41, 5.74) is 2.01. The van der Waals surface area contributed by atoms with E-state index in [9.17, 15) is 0 Å². The largest absolute Gasteiger partial charge is 0.297 e. The molecule has 23 heavy (non-hydrogen) atoms. The van der Waals surface area contributed by atoms with Crippen LogP contribution < -0.4 is 0 Å². The molecule has 0 bridgehead atoms. The summed E-state index contributed by atoms with van der Waals surface area (Å²) in [6, 6.07) is 0. The predicted molar refractivity (Wildman–Crippen MR) is 114 cm³/mol. The summed E-state index contributed by atoms with van der Waals surface area (Å²) in [6.07, 6.45) is 13.4. The molecule has 1 saturated carbocycles. The van der Waals surface area contributed by atoms with Crippen molar-refractivity contribution in [1.82, 2.24) is 0 Å². The minimum atomic E-state index is 0.484. The van der Waals surface area contributed by atoms with Crippen molar-refractivity contribution in [3.05, 3.63) is 0 Å². The molecule has 0 spiro atoms. The maximum Gasteiger partial charge on any atom is 0.0276 e. The molecule has 0 aromatic carbocycles. The van der Waals surface area contributed by atoms with Crippen molar-refractivity contribution >= 4 is 28.3 Å². The molecule has 1 aliphatic carbocycles. The molecule has 1 rings (SSSR count). The molecule has 0 aromatic rings. The first kappa shape index (κ1) is 21.4. The first-order chi connectivity index (χ1) is 10.7. The highest BCUT2D eigenvalue weighted by Crippen LogP contribution is 2.40. The van der Waals surface area contributed by atoms with Gasteiger partial charge in [-0.1, -0.05) is 76.5 Å². The summed E-state index contributed by atoms with van der Waals surface area (Å²) < 4.78 is 0.484. The summed E-state index contributed by atoms with van der Waals surface area (Å²) in [5, 5.41) is 0. The average Bonchev–Trinajstić information content (AvgIpc) is 2.42. The van der Waals surface area contributed by atoms with Crippen LogP contribution >= 0.6 is 22.6 Å². The van der Waals surface area contributed by atoms with Crippen LogP contribution in [0.4, 0.5) is 0 Å². The molecule has 0 heterocycles. The Bertz CT molecular complexity index is 370. The first-order valence-electron chi connectivity index (χ1n) is 9.85. The molecule has 0 saturated heterocycles. The second-order valence-electron chi connectivity index (χ2n) is 8.93. The minimum Gasteiger partial charge on any atom is -0.297 e. The molecule has 0 N–H and O–H groups in total. The van der Waals surface area contributed by atoms with E-state index < -0.39 is 0 Å². The second-order valence-corrected chi connectivity index (χ2v) is 11.5. The highest BCUT2D eigenvalue weighted by molar-refractivity contribution is 14.1. The Labute approximate surface area is 159 Å². The van der Waals surface area contributed by atoms with Crippen molar-refractivity contribution in [1.29, 1.82) is 0 Å². The number of aliphatic imine (C=N–C) groups is 1. The van der Waals surface area contributed by atoms with Crippen LogP contribution in [0.15, 0.2) is 4.99 Å². The van der Waals surface area contributed by atoms with Crippen molar-refractivity contribution in [2.45, 2.75) is 102 Å². The summed E-state index contributed by atoms with van der Waals surface area (Å²) in [5.74, 6) is 1.50. The molecule has 136 valence electrons. The van der Waals surface area contributed by atoms with E-state index in [4.69, 9.17) is 4.99 Å². The van der Waals surface area contributed by atoms with Crippen molar-refractivity contribution in [3.8, 4) is 0 Å². The summed E-state index contributed by atoms with van der Waals surface area (Å²) in [6.45, 7) is 12.1. The van der Waals surface area contributed by atoms with E-state index in [-0.39, 0.29) is 0 Å². The highest BCUT2D eigenvalue weighted by Gasteiger charge is 2.31. The number of hydrogen-bond donors (Lipinski definition) is 0. The fourth-order valence-corrected chi connectivity index (χ4v) is 5.64. The number of nitrogens with zero attached hydrogens (tertiary/aromatic N) is 1. The first-order valence-corrected chi connectivity index (χ1v) is 10.9. The van der Waals surface area contributed by atoms with Gasteiger partial charge in [0, 0.05) is 16.2 Å². The van der Waals surface area contributed by atoms with Gasteiger partial charge in [-0.2, -0.15) is 0 Å². The van der Waals surface area contributed by atoms with Gasteiger partial charge in [-0.15, -0.1) is 0 Å². The van der Waals surface area contributed by atoms with Gasteiger partial charge in [0.15, 0.2) is 0 Å². The van der Waals surface area contributed by atoms with E-state index in [1.165, 1.54) is 69.9 Å². The van der Waals surface area contributed by atoms with Crippen LogP contribution in [0.3, 0.4) is 0 Å². The molecular weight excluding hydrogens is 393 g/mol. The van der Waals surface area contributed by atoms with Gasteiger partial charge < -0.3 is 0 Å². The van der Waals surface area contributed by atoms with Gasteiger partial charge >= 0.3 is 0 Å². The lowest BCUT2D eigenvalue weighted by atomic mass is 9.75. The summed E-state index contributed by atoms with van der Waals surface area (Å²) >= 11 is 2.70. The van der Waals surface area contributed by atoms with Crippen LogP contribution in [0.25, 0.3) is 0 Å². The van der Waals surface area contributed by atoms with Gasteiger partial charge in [0.1, 0.15) is 0 Å². The second kappa shape index (κ2) is 9.77. The van der Waals surface area contributed by atoms with E-state index >= 15 is 0 Å². The minimum absolute atomic E-state index is 0.484. The van der Waals surface area contributed by atoms with Crippen LogP contribution in [0.1, 0.15) is 98.8 Å². The third-order valence-corrected chi connectivity index (χ3v) is 6.81. The molecule has 0 aliphatic heterocycles. The number of rotatable bonds is 7. The van der Waals surface area contributed by atoms with Gasteiger partial charge in [0.25, 0.3) is 0 Å². The fourth-order valence-electron chi connectivity index (χ4n) is 4.57. The van der Waals surface area contributed by atoms with Crippen LogP contribution in [0.2, 0.25) is 0 Å². The van der Waals surface area contributed by atoms with Gasteiger partial charge in [-0.05, 0) is 62.2 Å². The third kappa shape index (κ3) is 7.88. The van der Waals surface area contributed by atoms with E-state index in [0.29, 0.717) is 8.84 Å². The summed E-state index contributed by atoms with van der Waals surface area (Å²) in [7, 11) is 2.03. The van der Waals surface area contributed by atoms with Gasteiger partial charge in [0.2, 0.25) is 0 Å². The van der Waals surface area contributed by atoms with Gasteiger partial charge in [-0.3, -0.25) is 4.99 Å². The Kier molecular flexibility index (Phi) is 9.11. The topological polar surface area (TPSA) is 12.4 Å².